The van der Waals surface area contributed by atoms with E-state index < -0.39 is 6.04 Å². The molecule has 0 saturated carbocycles. The van der Waals surface area contributed by atoms with Gasteiger partial charge in [-0.2, -0.15) is 4.98 Å². The van der Waals surface area contributed by atoms with Crippen LogP contribution in [0.4, 0.5) is 16.0 Å². The number of aryl methyl sites for hydroxylation is 2. The Labute approximate surface area is 239 Å². The number of nitrogens with one attached hydrogen (secondary N) is 2. The summed E-state index contributed by atoms with van der Waals surface area (Å²) in [7, 11) is 0. The van der Waals surface area contributed by atoms with Crippen LogP contribution in [0.3, 0.4) is 0 Å². The van der Waals surface area contributed by atoms with E-state index in [0.29, 0.717) is 33.7 Å². The van der Waals surface area contributed by atoms with Crippen LogP contribution < -0.4 is 10.6 Å². The first kappa shape index (κ1) is 27.6. The van der Waals surface area contributed by atoms with Crippen molar-refractivity contribution in [1.82, 2.24) is 14.8 Å². The molecule has 1 atom stereocenters. The molecule has 8 heteroatoms. The van der Waals surface area contributed by atoms with Crippen LogP contribution in [0, 0.1) is 19.7 Å². The van der Waals surface area contributed by atoms with Crippen LogP contribution >= 0.6 is 11.8 Å². The number of carbonyl (C=O) groups is 1. The zero-order valence-electron chi connectivity index (χ0n) is 23.7. The molecule has 0 saturated heterocycles. The van der Waals surface area contributed by atoms with E-state index in [9.17, 15) is 9.18 Å². The third-order valence-electron chi connectivity index (χ3n) is 7.11. The molecule has 1 amide bonds. The molecule has 5 rings (SSSR count). The first-order valence-corrected chi connectivity index (χ1v) is 14.3. The molecule has 2 N–H and O–H groups in total. The standard InChI is InChI=1S/C32H34FN5OS/c1-19-11-16-26(20(2)17-19)35-29(39)27-21(3)34-30-36-31(40-18-23-9-7-8-10-25(23)33)37-38(30)28(27)22-12-14-24(15-13-22)32(4,5)6/h7-17,28H,18H2,1-6H3,(H,35,39)(H,34,36,37). The molecule has 3 aromatic carbocycles. The number of rotatable bonds is 6. The van der Waals surface area contributed by atoms with Gasteiger partial charge in [-0.15, -0.1) is 5.10 Å². The van der Waals surface area contributed by atoms with Crippen LogP contribution in [0.15, 0.2) is 83.2 Å². The van der Waals surface area contributed by atoms with Gasteiger partial charge in [-0.05, 0) is 60.6 Å². The number of nitrogens with zero attached hydrogens (tertiary/aromatic N) is 3. The largest absolute Gasteiger partial charge is 0.328 e. The molecule has 1 aliphatic heterocycles. The summed E-state index contributed by atoms with van der Waals surface area (Å²) >= 11 is 1.36. The van der Waals surface area contributed by atoms with Crippen molar-refractivity contribution in [1.29, 1.82) is 0 Å². The van der Waals surface area contributed by atoms with Gasteiger partial charge in [0.25, 0.3) is 5.91 Å². The topological polar surface area (TPSA) is 71.8 Å². The first-order valence-electron chi connectivity index (χ1n) is 13.3. The van der Waals surface area contributed by atoms with E-state index in [2.05, 4.69) is 55.7 Å². The number of allylic oxidation sites excluding steroid dienone is 1. The smallest absolute Gasteiger partial charge is 0.255 e. The highest BCUT2D eigenvalue weighted by atomic mass is 32.2. The average Bonchev–Trinajstić information content (AvgIpc) is 3.31. The Balaban J connectivity index is 1.52. The maximum Gasteiger partial charge on any atom is 0.255 e. The molecule has 4 aromatic rings. The molecule has 0 fully saturated rings. The molecule has 1 unspecified atom stereocenters. The molecule has 0 radical (unpaired) electrons. The van der Waals surface area contributed by atoms with E-state index in [0.717, 1.165) is 22.4 Å². The predicted octanol–water partition coefficient (Wildman–Crippen LogP) is 7.55. The Morgan fingerprint density at radius 3 is 2.45 bits per heavy atom. The fourth-order valence-electron chi connectivity index (χ4n) is 4.86. The summed E-state index contributed by atoms with van der Waals surface area (Å²) in [6.07, 6.45) is 0. The van der Waals surface area contributed by atoms with Crippen LogP contribution in [-0.2, 0) is 16.0 Å². The minimum atomic E-state index is -0.494. The monoisotopic (exact) mass is 555 g/mol. The summed E-state index contributed by atoms with van der Waals surface area (Å²) in [5, 5.41) is 11.7. The van der Waals surface area contributed by atoms with E-state index in [1.807, 2.05) is 45.0 Å². The van der Waals surface area contributed by atoms with Crippen LogP contribution in [0.2, 0.25) is 0 Å². The van der Waals surface area contributed by atoms with Crippen molar-refractivity contribution in [3.8, 4) is 0 Å². The second-order valence-corrected chi connectivity index (χ2v) is 12.2. The fraction of sp³-hybridized carbons (Fsp3) is 0.281. The highest BCUT2D eigenvalue weighted by Crippen LogP contribution is 2.38. The summed E-state index contributed by atoms with van der Waals surface area (Å²) < 4.78 is 16.0. The maximum atomic E-state index is 14.2. The number of thioether (sulfide) groups is 1. The molecule has 1 aromatic heterocycles. The van der Waals surface area contributed by atoms with Gasteiger partial charge in [0, 0.05) is 17.1 Å². The molecule has 0 bridgehead atoms. The van der Waals surface area contributed by atoms with Gasteiger partial charge in [0.05, 0.1) is 5.57 Å². The highest BCUT2D eigenvalue weighted by Gasteiger charge is 2.35. The van der Waals surface area contributed by atoms with Crippen molar-refractivity contribution in [3.05, 3.63) is 112 Å². The maximum absolute atomic E-state index is 14.2. The number of halogens is 1. The average molecular weight is 556 g/mol. The van der Waals surface area contributed by atoms with E-state index in [4.69, 9.17) is 10.1 Å². The molecular formula is C32H34FN5OS. The summed E-state index contributed by atoms with van der Waals surface area (Å²) in [6.45, 7) is 12.4. The number of aromatic nitrogens is 3. The normalized spacial score (nSPS) is 15.0. The summed E-state index contributed by atoms with van der Waals surface area (Å²) in [4.78, 5) is 18.6. The van der Waals surface area contributed by atoms with Crippen molar-refractivity contribution < 1.29 is 9.18 Å². The Bertz CT molecular complexity index is 1600. The van der Waals surface area contributed by atoms with Crippen LogP contribution in [0.5, 0.6) is 0 Å². The van der Waals surface area contributed by atoms with Gasteiger partial charge in [-0.1, -0.05) is 92.7 Å². The molecule has 40 heavy (non-hydrogen) atoms. The molecule has 6 nitrogen and oxygen atoms in total. The van der Waals surface area contributed by atoms with Gasteiger partial charge in [0.1, 0.15) is 11.9 Å². The molecular weight excluding hydrogens is 521 g/mol. The Morgan fingerprint density at radius 1 is 1.05 bits per heavy atom. The van der Waals surface area contributed by atoms with Gasteiger partial charge in [0.2, 0.25) is 11.1 Å². The SMILES string of the molecule is CC1=C(C(=O)Nc2ccc(C)cc2C)C(c2ccc(C(C)(C)C)cc2)n2nc(SCc3ccccc3F)nc2N1. The lowest BCUT2D eigenvalue weighted by Crippen LogP contribution is -2.31. The van der Waals surface area contributed by atoms with Crippen molar-refractivity contribution in [2.24, 2.45) is 0 Å². The van der Waals surface area contributed by atoms with Crippen molar-refractivity contribution in [2.75, 3.05) is 10.6 Å². The van der Waals surface area contributed by atoms with Crippen LogP contribution in [0.1, 0.15) is 61.6 Å². The molecule has 0 spiro atoms. The second kappa shape index (κ2) is 10.9. The van der Waals surface area contributed by atoms with Crippen molar-refractivity contribution in [2.45, 2.75) is 63.9 Å². The van der Waals surface area contributed by atoms with Crippen molar-refractivity contribution in [3.63, 3.8) is 0 Å². The van der Waals surface area contributed by atoms with Gasteiger partial charge in [0.15, 0.2) is 0 Å². The summed E-state index contributed by atoms with van der Waals surface area (Å²) in [6, 6.07) is 20.5. The Morgan fingerprint density at radius 2 is 1.77 bits per heavy atom. The number of carbonyl (C=O) groups excluding carboxylic acids is 1. The molecule has 0 aliphatic carbocycles. The lowest BCUT2D eigenvalue weighted by atomic mass is 9.85. The molecule has 206 valence electrons. The Hall–Kier alpha value is -3.91. The number of benzene rings is 3. The minimum absolute atomic E-state index is 0.00346. The van der Waals surface area contributed by atoms with E-state index >= 15 is 0 Å². The number of fused-ring (bicyclic) bond motifs is 1. The van der Waals surface area contributed by atoms with Crippen molar-refractivity contribution >= 4 is 29.3 Å². The number of anilines is 2. The van der Waals surface area contributed by atoms with Gasteiger partial charge >= 0.3 is 0 Å². The van der Waals surface area contributed by atoms with Gasteiger partial charge in [-0.25, -0.2) is 9.07 Å². The lowest BCUT2D eigenvalue weighted by Gasteiger charge is -2.29. The fourth-order valence-corrected chi connectivity index (χ4v) is 5.68. The highest BCUT2D eigenvalue weighted by molar-refractivity contribution is 7.98. The number of hydrogen-bond acceptors (Lipinski definition) is 5. The minimum Gasteiger partial charge on any atom is -0.328 e. The lowest BCUT2D eigenvalue weighted by molar-refractivity contribution is -0.113. The Kier molecular flexibility index (Phi) is 7.55. The third-order valence-corrected chi connectivity index (χ3v) is 8.00. The van der Waals surface area contributed by atoms with E-state index in [-0.39, 0.29) is 17.1 Å². The van der Waals surface area contributed by atoms with Crippen LogP contribution in [-0.4, -0.2) is 20.7 Å². The van der Waals surface area contributed by atoms with E-state index in [1.165, 1.54) is 23.4 Å². The third kappa shape index (κ3) is 5.68. The zero-order chi connectivity index (χ0) is 28.6. The van der Waals surface area contributed by atoms with Gasteiger partial charge < -0.3 is 10.6 Å². The zero-order valence-corrected chi connectivity index (χ0v) is 24.5. The van der Waals surface area contributed by atoms with E-state index in [1.54, 1.807) is 16.8 Å². The second-order valence-electron chi connectivity index (χ2n) is 11.3. The first-order chi connectivity index (χ1) is 19.0. The quantitative estimate of drug-likeness (QED) is 0.240. The molecule has 1 aliphatic rings. The summed E-state index contributed by atoms with van der Waals surface area (Å²) in [5.74, 6) is 0.481. The van der Waals surface area contributed by atoms with Gasteiger partial charge in [-0.3, -0.25) is 4.79 Å². The number of hydrogen-bond donors (Lipinski definition) is 2. The molecule has 2 heterocycles. The number of amides is 1. The predicted molar refractivity (Wildman–Crippen MR) is 160 cm³/mol. The summed E-state index contributed by atoms with van der Waals surface area (Å²) in [5.41, 5.74) is 6.88. The van der Waals surface area contributed by atoms with Crippen LogP contribution in [0.25, 0.3) is 0 Å².